The number of carbonyl (C=O) groups excluding carboxylic acids is 1. The lowest BCUT2D eigenvalue weighted by Crippen LogP contribution is -2.27. The van der Waals surface area contributed by atoms with Crippen LogP contribution in [0.4, 0.5) is 0 Å². The second kappa shape index (κ2) is 8.17. The second-order valence-corrected chi connectivity index (χ2v) is 4.96. The van der Waals surface area contributed by atoms with E-state index in [1.807, 2.05) is 49.5 Å². The molecule has 0 aliphatic heterocycles. The predicted octanol–water partition coefficient (Wildman–Crippen LogP) is 2.30. The van der Waals surface area contributed by atoms with Crippen LogP contribution in [-0.2, 0) is 6.54 Å². The van der Waals surface area contributed by atoms with E-state index in [1.54, 1.807) is 6.20 Å². The fraction of sp³-hybridized carbons (Fsp3) is 0.294. The topological polar surface area (TPSA) is 54.0 Å². The van der Waals surface area contributed by atoms with Gasteiger partial charge in [-0.05, 0) is 43.1 Å². The molecule has 0 aliphatic rings. The first-order valence-corrected chi connectivity index (χ1v) is 7.21. The molecule has 1 aromatic heterocycles. The highest BCUT2D eigenvalue weighted by atomic mass is 16.1. The van der Waals surface area contributed by atoms with Crippen molar-refractivity contribution < 1.29 is 4.79 Å². The molecule has 2 rings (SSSR count). The van der Waals surface area contributed by atoms with Gasteiger partial charge in [0.25, 0.3) is 5.91 Å². The molecule has 1 heterocycles. The zero-order valence-corrected chi connectivity index (χ0v) is 12.3. The van der Waals surface area contributed by atoms with Crippen molar-refractivity contribution in [2.24, 2.45) is 0 Å². The van der Waals surface area contributed by atoms with E-state index in [0.717, 1.165) is 30.6 Å². The van der Waals surface area contributed by atoms with Gasteiger partial charge in [-0.15, -0.1) is 0 Å². The summed E-state index contributed by atoms with van der Waals surface area (Å²) in [4.78, 5) is 16.0. The molecule has 1 aromatic carbocycles. The second-order valence-electron chi connectivity index (χ2n) is 4.96. The number of benzene rings is 1. The number of nitrogens with one attached hydrogen (secondary N) is 2. The van der Waals surface area contributed by atoms with Crippen LogP contribution in [0.15, 0.2) is 48.8 Å². The molecular formula is C17H21N3O. The Labute approximate surface area is 125 Å². The first-order valence-electron chi connectivity index (χ1n) is 7.21. The van der Waals surface area contributed by atoms with Crippen LogP contribution in [0, 0.1) is 6.92 Å². The molecule has 0 saturated carbocycles. The van der Waals surface area contributed by atoms with Gasteiger partial charge in [0.05, 0.1) is 0 Å². The minimum Gasteiger partial charge on any atom is -0.352 e. The molecule has 0 fully saturated rings. The third-order valence-corrected chi connectivity index (χ3v) is 3.26. The zero-order valence-electron chi connectivity index (χ0n) is 12.3. The molecule has 0 aliphatic carbocycles. The maximum Gasteiger partial charge on any atom is 0.251 e. The normalized spacial score (nSPS) is 10.3. The smallest absolute Gasteiger partial charge is 0.251 e. The molecule has 1 amide bonds. The third-order valence-electron chi connectivity index (χ3n) is 3.26. The number of rotatable bonds is 7. The highest BCUT2D eigenvalue weighted by Crippen LogP contribution is 2.06. The standard InChI is InChI=1S/C17H21N3O/c1-14-6-2-3-8-16(14)17(21)20-11-5-10-19-13-15-7-4-9-18-12-15/h2-4,6-9,12,19H,5,10-11,13H2,1H3,(H,20,21). The number of nitrogens with zero attached hydrogens (tertiary/aromatic N) is 1. The molecule has 0 atom stereocenters. The van der Waals surface area contributed by atoms with Gasteiger partial charge >= 0.3 is 0 Å². The van der Waals surface area contributed by atoms with Crippen LogP contribution in [0.2, 0.25) is 0 Å². The average molecular weight is 283 g/mol. The predicted molar refractivity (Wildman–Crippen MR) is 84.1 cm³/mol. The van der Waals surface area contributed by atoms with E-state index in [1.165, 1.54) is 5.56 Å². The lowest BCUT2D eigenvalue weighted by Gasteiger charge is -2.08. The molecule has 2 aromatic rings. The lowest BCUT2D eigenvalue weighted by molar-refractivity contribution is 0.0952. The first kappa shape index (κ1) is 15.2. The summed E-state index contributed by atoms with van der Waals surface area (Å²) in [5, 5.41) is 6.28. The number of carbonyl (C=O) groups is 1. The zero-order chi connectivity index (χ0) is 14.9. The lowest BCUT2D eigenvalue weighted by atomic mass is 10.1. The highest BCUT2D eigenvalue weighted by Gasteiger charge is 2.06. The molecule has 0 unspecified atom stereocenters. The molecule has 4 nitrogen and oxygen atoms in total. The molecule has 2 N–H and O–H groups in total. The molecule has 0 spiro atoms. The summed E-state index contributed by atoms with van der Waals surface area (Å²) in [5.74, 6) is 0.000333. The van der Waals surface area contributed by atoms with Gasteiger partial charge in [-0.1, -0.05) is 24.3 Å². The Bertz CT molecular complexity index is 569. The average Bonchev–Trinajstić information content (AvgIpc) is 2.52. The van der Waals surface area contributed by atoms with Crippen molar-refractivity contribution in [2.75, 3.05) is 13.1 Å². The molecular weight excluding hydrogens is 262 g/mol. The van der Waals surface area contributed by atoms with E-state index < -0.39 is 0 Å². The first-order chi connectivity index (χ1) is 10.3. The van der Waals surface area contributed by atoms with Crippen molar-refractivity contribution in [2.45, 2.75) is 19.9 Å². The summed E-state index contributed by atoms with van der Waals surface area (Å²) in [7, 11) is 0. The maximum absolute atomic E-state index is 12.0. The van der Waals surface area contributed by atoms with Gasteiger partial charge in [0.15, 0.2) is 0 Å². The highest BCUT2D eigenvalue weighted by molar-refractivity contribution is 5.95. The van der Waals surface area contributed by atoms with E-state index in [4.69, 9.17) is 0 Å². The Kier molecular flexibility index (Phi) is 5.91. The van der Waals surface area contributed by atoms with Crippen LogP contribution in [0.5, 0.6) is 0 Å². The van der Waals surface area contributed by atoms with E-state index in [2.05, 4.69) is 15.6 Å². The molecule has 110 valence electrons. The van der Waals surface area contributed by atoms with Gasteiger partial charge < -0.3 is 10.6 Å². The van der Waals surface area contributed by atoms with Crippen molar-refractivity contribution >= 4 is 5.91 Å². The Morgan fingerprint density at radius 3 is 2.76 bits per heavy atom. The monoisotopic (exact) mass is 283 g/mol. The van der Waals surface area contributed by atoms with Crippen molar-refractivity contribution in [3.8, 4) is 0 Å². The van der Waals surface area contributed by atoms with Crippen molar-refractivity contribution in [1.29, 1.82) is 0 Å². The molecule has 0 radical (unpaired) electrons. The van der Waals surface area contributed by atoms with Gasteiger partial charge in [0.2, 0.25) is 0 Å². The number of hydrogen-bond donors (Lipinski definition) is 2. The minimum atomic E-state index is 0.000333. The van der Waals surface area contributed by atoms with Crippen LogP contribution < -0.4 is 10.6 Å². The summed E-state index contributed by atoms with van der Waals surface area (Å²) in [6.07, 6.45) is 4.52. The summed E-state index contributed by atoms with van der Waals surface area (Å²) >= 11 is 0. The van der Waals surface area contributed by atoms with Gasteiger partial charge in [0.1, 0.15) is 0 Å². The Balaban J connectivity index is 1.62. The SMILES string of the molecule is Cc1ccccc1C(=O)NCCCNCc1cccnc1. The van der Waals surface area contributed by atoms with Crippen molar-refractivity contribution in [1.82, 2.24) is 15.6 Å². The Hall–Kier alpha value is -2.20. The van der Waals surface area contributed by atoms with E-state index in [9.17, 15) is 4.79 Å². The van der Waals surface area contributed by atoms with Gasteiger partial charge in [0, 0.05) is 31.0 Å². The fourth-order valence-corrected chi connectivity index (χ4v) is 2.07. The third kappa shape index (κ3) is 5.00. The number of pyridine rings is 1. The van der Waals surface area contributed by atoms with Crippen LogP contribution in [-0.4, -0.2) is 24.0 Å². The number of amides is 1. The van der Waals surface area contributed by atoms with E-state index >= 15 is 0 Å². The summed E-state index contributed by atoms with van der Waals surface area (Å²) in [5.41, 5.74) is 2.92. The molecule has 0 saturated heterocycles. The summed E-state index contributed by atoms with van der Waals surface area (Å²) in [6, 6.07) is 11.6. The number of hydrogen-bond acceptors (Lipinski definition) is 3. The quantitative estimate of drug-likeness (QED) is 0.767. The molecule has 21 heavy (non-hydrogen) atoms. The van der Waals surface area contributed by atoms with Gasteiger partial charge in [-0.3, -0.25) is 9.78 Å². The van der Waals surface area contributed by atoms with Gasteiger partial charge in [-0.2, -0.15) is 0 Å². The number of aryl methyl sites for hydroxylation is 1. The summed E-state index contributed by atoms with van der Waals surface area (Å²) in [6.45, 7) is 4.29. The summed E-state index contributed by atoms with van der Waals surface area (Å²) < 4.78 is 0. The Morgan fingerprint density at radius 2 is 2.00 bits per heavy atom. The number of aromatic nitrogens is 1. The van der Waals surface area contributed by atoms with E-state index in [0.29, 0.717) is 6.54 Å². The Morgan fingerprint density at radius 1 is 1.14 bits per heavy atom. The fourth-order valence-electron chi connectivity index (χ4n) is 2.07. The van der Waals surface area contributed by atoms with Crippen LogP contribution in [0.1, 0.15) is 27.9 Å². The minimum absolute atomic E-state index is 0.000333. The van der Waals surface area contributed by atoms with Crippen LogP contribution >= 0.6 is 0 Å². The van der Waals surface area contributed by atoms with Crippen LogP contribution in [0.25, 0.3) is 0 Å². The van der Waals surface area contributed by atoms with Gasteiger partial charge in [-0.25, -0.2) is 0 Å². The molecule has 4 heteroatoms. The van der Waals surface area contributed by atoms with Crippen molar-refractivity contribution in [3.05, 3.63) is 65.5 Å². The maximum atomic E-state index is 12.0. The molecule has 0 bridgehead atoms. The van der Waals surface area contributed by atoms with E-state index in [-0.39, 0.29) is 5.91 Å². The van der Waals surface area contributed by atoms with Crippen LogP contribution in [0.3, 0.4) is 0 Å². The largest absolute Gasteiger partial charge is 0.352 e. The van der Waals surface area contributed by atoms with Crippen molar-refractivity contribution in [3.63, 3.8) is 0 Å².